The molecule has 0 radical (unpaired) electrons. The number of ether oxygens (including phenoxy) is 2. The van der Waals surface area contributed by atoms with Crippen molar-refractivity contribution in [2.75, 3.05) is 33.9 Å². The number of nitrogens with one attached hydrogen (secondary N) is 1. The standard InChI is InChI=1S/C16H20F2N2O4/c1-20(2)15(21)9-24-14-5-6-23-8-13(14)19-16(22)11-4-3-10(17)7-12(11)18/h3-4,7,13-14H,5-6,8-9H2,1-2H3,(H,19,22)/t13-,14+/m1/s1. The van der Waals surface area contributed by atoms with Crippen molar-refractivity contribution in [1.29, 1.82) is 0 Å². The summed E-state index contributed by atoms with van der Waals surface area (Å²) in [7, 11) is 3.23. The second-order valence-corrected chi connectivity index (χ2v) is 5.71. The topological polar surface area (TPSA) is 67.9 Å². The lowest BCUT2D eigenvalue weighted by Crippen LogP contribution is -2.51. The van der Waals surface area contributed by atoms with E-state index < -0.39 is 29.7 Å². The summed E-state index contributed by atoms with van der Waals surface area (Å²) in [5.41, 5.74) is -0.259. The molecule has 0 aliphatic carbocycles. The van der Waals surface area contributed by atoms with Gasteiger partial charge in [0.1, 0.15) is 18.2 Å². The summed E-state index contributed by atoms with van der Waals surface area (Å²) in [4.78, 5) is 25.2. The first-order chi connectivity index (χ1) is 11.4. The van der Waals surface area contributed by atoms with E-state index in [1.807, 2.05) is 0 Å². The summed E-state index contributed by atoms with van der Waals surface area (Å²) in [5, 5.41) is 2.62. The molecular formula is C16H20F2N2O4. The molecule has 24 heavy (non-hydrogen) atoms. The van der Waals surface area contributed by atoms with Gasteiger partial charge in [-0.25, -0.2) is 8.78 Å². The molecule has 2 rings (SSSR count). The van der Waals surface area contributed by atoms with Crippen molar-refractivity contribution in [2.45, 2.75) is 18.6 Å². The first-order valence-electron chi connectivity index (χ1n) is 7.54. The number of benzene rings is 1. The highest BCUT2D eigenvalue weighted by Gasteiger charge is 2.29. The summed E-state index contributed by atoms with van der Waals surface area (Å²) in [5.74, 6) is -2.58. The van der Waals surface area contributed by atoms with Gasteiger partial charge in [-0.1, -0.05) is 0 Å². The van der Waals surface area contributed by atoms with Crippen LogP contribution < -0.4 is 5.32 Å². The molecule has 1 heterocycles. The van der Waals surface area contributed by atoms with E-state index in [2.05, 4.69) is 5.32 Å². The Labute approximate surface area is 138 Å². The van der Waals surface area contributed by atoms with Gasteiger partial charge >= 0.3 is 0 Å². The highest BCUT2D eigenvalue weighted by atomic mass is 19.1. The quantitative estimate of drug-likeness (QED) is 0.865. The molecule has 1 N–H and O–H groups in total. The number of likely N-dealkylation sites (N-methyl/N-ethyl adjacent to an activating group) is 1. The number of nitrogens with zero attached hydrogens (tertiary/aromatic N) is 1. The van der Waals surface area contributed by atoms with Crippen molar-refractivity contribution < 1.29 is 27.8 Å². The van der Waals surface area contributed by atoms with E-state index in [9.17, 15) is 18.4 Å². The molecular weight excluding hydrogens is 322 g/mol. The zero-order valence-corrected chi connectivity index (χ0v) is 13.6. The molecule has 1 aromatic carbocycles. The first kappa shape index (κ1) is 18.3. The number of hydrogen-bond acceptors (Lipinski definition) is 4. The molecule has 0 spiro atoms. The SMILES string of the molecule is CN(C)C(=O)CO[C@H]1CCOC[C@H]1NC(=O)c1ccc(F)cc1F. The van der Waals surface area contributed by atoms with Crippen LogP contribution >= 0.6 is 0 Å². The summed E-state index contributed by atoms with van der Waals surface area (Å²) in [6, 6.07) is 2.22. The summed E-state index contributed by atoms with van der Waals surface area (Å²) in [6.45, 7) is 0.516. The van der Waals surface area contributed by atoms with Gasteiger partial charge in [0.05, 0.1) is 24.3 Å². The number of hydrogen-bond donors (Lipinski definition) is 1. The van der Waals surface area contributed by atoms with Crippen LogP contribution in [0.3, 0.4) is 0 Å². The number of carbonyl (C=O) groups is 2. The van der Waals surface area contributed by atoms with E-state index in [1.165, 1.54) is 4.90 Å². The fraction of sp³-hybridized carbons (Fsp3) is 0.500. The Morgan fingerprint density at radius 3 is 2.79 bits per heavy atom. The Hall–Kier alpha value is -2.06. The van der Waals surface area contributed by atoms with E-state index in [-0.39, 0.29) is 24.7 Å². The molecule has 0 saturated carbocycles. The zero-order valence-electron chi connectivity index (χ0n) is 13.6. The van der Waals surface area contributed by atoms with Gasteiger partial charge < -0.3 is 19.7 Å². The molecule has 1 aromatic rings. The fourth-order valence-corrected chi connectivity index (χ4v) is 2.28. The second kappa shape index (κ2) is 8.16. The molecule has 0 bridgehead atoms. The first-order valence-corrected chi connectivity index (χ1v) is 7.54. The molecule has 1 fully saturated rings. The minimum Gasteiger partial charge on any atom is -0.379 e. The number of rotatable bonds is 5. The summed E-state index contributed by atoms with van der Waals surface area (Å²) < 4.78 is 37.5. The van der Waals surface area contributed by atoms with Gasteiger partial charge in [-0.3, -0.25) is 9.59 Å². The molecule has 1 saturated heterocycles. The van der Waals surface area contributed by atoms with Crippen LogP contribution in [0.25, 0.3) is 0 Å². The maximum absolute atomic E-state index is 13.7. The monoisotopic (exact) mass is 342 g/mol. The van der Waals surface area contributed by atoms with Gasteiger partial charge in [-0.05, 0) is 18.6 Å². The van der Waals surface area contributed by atoms with Gasteiger partial charge in [-0.2, -0.15) is 0 Å². The maximum atomic E-state index is 13.7. The fourth-order valence-electron chi connectivity index (χ4n) is 2.28. The van der Waals surface area contributed by atoms with Crippen LogP contribution in [0, 0.1) is 11.6 Å². The molecule has 1 aliphatic rings. The second-order valence-electron chi connectivity index (χ2n) is 5.71. The average molecular weight is 342 g/mol. The van der Waals surface area contributed by atoms with Gasteiger partial charge in [0.25, 0.3) is 5.91 Å². The Kier molecular flexibility index (Phi) is 6.22. The lowest BCUT2D eigenvalue weighted by atomic mass is 10.1. The average Bonchev–Trinajstić information content (AvgIpc) is 2.53. The number of amides is 2. The third kappa shape index (κ3) is 4.72. The van der Waals surface area contributed by atoms with Gasteiger partial charge in [0.2, 0.25) is 5.91 Å². The van der Waals surface area contributed by atoms with Crippen LogP contribution in [0.4, 0.5) is 8.78 Å². The van der Waals surface area contributed by atoms with E-state index in [0.29, 0.717) is 19.1 Å². The molecule has 6 nitrogen and oxygen atoms in total. The molecule has 0 aromatic heterocycles. The minimum absolute atomic E-state index is 0.116. The van der Waals surface area contributed by atoms with Crippen LogP contribution in [0.2, 0.25) is 0 Å². The van der Waals surface area contributed by atoms with E-state index >= 15 is 0 Å². The van der Waals surface area contributed by atoms with Crippen molar-refractivity contribution in [3.8, 4) is 0 Å². The predicted molar refractivity (Wildman–Crippen MR) is 81.5 cm³/mol. The van der Waals surface area contributed by atoms with Gasteiger partial charge in [0.15, 0.2) is 0 Å². The van der Waals surface area contributed by atoms with Crippen LogP contribution in [-0.2, 0) is 14.3 Å². The Bertz CT molecular complexity index is 610. The molecule has 132 valence electrons. The lowest BCUT2D eigenvalue weighted by molar-refractivity contribution is -0.138. The van der Waals surface area contributed by atoms with E-state index in [1.54, 1.807) is 14.1 Å². The zero-order chi connectivity index (χ0) is 17.7. The Morgan fingerprint density at radius 1 is 1.38 bits per heavy atom. The smallest absolute Gasteiger partial charge is 0.254 e. The van der Waals surface area contributed by atoms with Gasteiger partial charge in [0, 0.05) is 26.8 Å². The van der Waals surface area contributed by atoms with Crippen molar-refractivity contribution in [2.24, 2.45) is 0 Å². The predicted octanol–water partition coefficient (Wildman–Crippen LogP) is 0.957. The highest BCUT2D eigenvalue weighted by molar-refractivity contribution is 5.94. The lowest BCUT2D eigenvalue weighted by Gasteiger charge is -2.32. The van der Waals surface area contributed by atoms with Crippen molar-refractivity contribution in [3.05, 3.63) is 35.4 Å². The van der Waals surface area contributed by atoms with Crippen molar-refractivity contribution >= 4 is 11.8 Å². The third-order valence-corrected chi connectivity index (χ3v) is 3.70. The third-order valence-electron chi connectivity index (χ3n) is 3.70. The molecule has 0 unspecified atom stereocenters. The Morgan fingerprint density at radius 2 is 2.12 bits per heavy atom. The molecule has 2 amide bonds. The van der Waals surface area contributed by atoms with Crippen LogP contribution in [0.5, 0.6) is 0 Å². The van der Waals surface area contributed by atoms with Crippen LogP contribution in [-0.4, -0.2) is 62.8 Å². The molecule has 2 atom stereocenters. The van der Waals surface area contributed by atoms with E-state index in [0.717, 1.165) is 12.1 Å². The number of carbonyl (C=O) groups excluding carboxylic acids is 2. The number of halogens is 2. The largest absolute Gasteiger partial charge is 0.379 e. The van der Waals surface area contributed by atoms with Crippen LogP contribution in [0.1, 0.15) is 16.8 Å². The van der Waals surface area contributed by atoms with Crippen molar-refractivity contribution in [3.63, 3.8) is 0 Å². The summed E-state index contributed by atoms with van der Waals surface area (Å²) in [6.07, 6.45) is 0.0764. The maximum Gasteiger partial charge on any atom is 0.254 e. The Balaban J connectivity index is 1.99. The van der Waals surface area contributed by atoms with Gasteiger partial charge in [-0.15, -0.1) is 0 Å². The van der Waals surface area contributed by atoms with Crippen LogP contribution in [0.15, 0.2) is 18.2 Å². The molecule has 8 heteroatoms. The minimum atomic E-state index is -0.940. The summed E-state index contributed by atoms with van der Waals surface area (Å²) >= 11 is 0. The van der Waals surface area contributed by atoms with E-state index in [4.69, 9.17) is 9.47 Å². The highest BCUT2D eigenvalue weighted by Crippen LogP contribution is 2.15. The van der Waals surface area contributed by atoms with Crippen molar-refractivity contribution in [1.82, 2.24) is 10.2 Å². The molecule has 1 aliphatic heterocycles. The normalized spacial score (nSPS) is 20.5.